The number of Topliss-reactive ketones (excluding diaryl/α,β-unsaturated/α-hetero) is 1. The van der Waals surface area contributed by atoms with Gasteiger partial charge in [-0.3, -0.25) is 4.79 Å². The van der Waals surface area contributed by atoms with Crippen molar-refractivity contribution in [2.24, 2.45) is 0 Å². The molecular formula is C15H20O4. The number of esters is 1. The van der Waals surface area contributed by atoms with Crippen LogP contribution in [0, 0.1) is 0 Å². The van der Waals surface area contributed by atoms with Crippen molar-refractivity contribution in [1.29, 1.82) is 0 Å². The van der Waals surface area contributed by atoms with Crippen LogP contribution in [0.2, 0.25) is 0 Å². The summed E-state index contributed by atoms with van der Waals surface area (Å²) in [4.78, 5) is 22.0. The van der Waals surface area contributed by atoms with Crippen molar-refractivity contribution >= 4 is 11.8 Å². The van der Waals surface area contributed by atoms with Gasteiger partial charge in [0.05, 0.1) is 19.6 Å². The van der Waals surface area contributed by atoms with Gasteiger partial charge in [0.25, 0.3) is 0 Å². The van der Waals surface area contributed by atoms with Crippen molar-refractivity contribution in [2.45, 2.75) is 33.1 Å². The lowest BCUT2D eigenvalue weighted by Crippen LogP contribution is -2.09. The predicted octanol–water partition coefficient (Wildman–Crippen LogP) is 2.54. The molecule has 0 bridgehead atoms. The Morgan fingerprint density at radius 2 is 1.79 bits per heavy atom. The lowest BCUT2D eigenvalue weighted by Gasteiger charge is -2.07. The summed E-state index contributed by atoms with van der Waals surface area (Å²) < 4.78 is 10.2. The van der Waals surface area contributed by atoms with Crippen LogP contribution in [0.3, 0.4) is 0 Å². The molecule has 0 aromatic heterocycles. The maximum atomic E-state index is 11.1. The number of carbonyl (C=O) groups excluding carboxylic acids is 2. The molecule has 0 aliphatic rings. The second-order valence-electron chi connectivity index (χ2n) is 4.25. The number of hydrogen-bond acceptors (Lipinski definition) is 4. The van der Waals surface area contributed by atoms with E-state index in [4.69, 9.17) is 9.47 Å². The van der Waals surface area contributed by atoms with E-state index in [1.165, 1.54) is 0 Å². The molecule has 0 amide bonds. The number of benzene rings is 1. The smallest absolute Gasteiger partial charge is 0.309 e. The molecule has 0 unspecified atom stereocenters. The maximum Gasteiger partial charge on any atom is 0.309 e. The molecule has 1 aromatic rings. The lowest BCUT2D eigenvalue weighted by molar-refractivity contribution is -0.143. The average molecular weight is 264 g/mol. The zero-order valence-corrected chi connectivity index (χ0v) is 11.5. The molecule has 0 N–H and O–H groups in total. The van der Waals surface area contributed by atoms with Crippen LogP contribution < -0.4 is 4.74 Å². The van der Waals surface area contributed by atoms with E-state index >= 15 is 0 Å². The summed E-state index contributed by atoms with van der Waals surface area (Å²) >= 11 is 0. The Morgan fingerprint density at radius 1 is 1.11 bits per heavy atom. The van der Waals surface area contributed by atoms with E-state index in [9.17, 15) is 9.59 Å². The van der Waals surface area contributed by atoms with Gasteiger partial charge in [0.15, 0.2) is 0 Å². The van der Waals surface area contributed by atoms with Crippen molar-refractivity contribution in [3.63, 3.8) is 0 Å². The number of carbonyl (C=O) groups is 2. The van der Waals surface area contributed by atoms with E-state index < -0.39 is 0 Å². The van der Waals surface area contributed by atoms with Gasteiger partial charge >= 0.3 is 5.97 Å². The fourth-order valence-electron chi connectivity index (χ4n) is 1.56. The largest absolute Gasteiger partial charge is 0.493 e. The molecule has 104 valence electrons. The van der Waals surface area contributed by atoms with Gasteiger partial charge in [0.1, 0.15) is 11.5 Å². The summed E-state index contributed by atoms with van der Waals surface area (Å²) in [6.07, 6.45) is 1.56. The molecule has 0 radical (unpaired) electrons. The van der Waals surface area contributed by atoms with Crippen LogP contribution in [0.1, 0.15) is 32.3 Å². The molecule has 0 atom stereocenters. The Balaban J connectivity index is 2.31. The van der Waals surface area contributed by atoms with Gasteiger partial charge in [-0.15, -0.1) is 0 Å². The van der Waals surface area contributed by atoms with E-state index in [0.29, 0.717) is 19.6 Å². The third kappa shape index (κ3) is 6.60. The van der Waals surface area contributed by atoms with Crippen LogP contribution in [0.5, 0.6) is 5.75 Å². The molecule has 1 aromatic carbocycles. The number of hydrogen-bond donors (Lipinski definition) is 0. The number of aryl methyl sites for hydroxylation is 1. The summed E-state index contributed by atoms with van der Waals surface area (Å²) in [5.74, 6) is 0.659. The number of rotatable bonds is 8. The Hall–Kier alpha value is -1.84. The monoisotopic (exact) mass is 264 g/mol. The number of ether oxygens (including phenoxy) is 2. The third-order valence-corrected chi connectivity index (χ3v) is 2.57. The Kier molecular flexibility index (Phi) is 6.64. The van der Waals surface area contributed by atoms with Gasteiger partial charge in [-0.1, -0.05) is 12.1 Å². The summed E-state index contributed by atoms with van der Waals surface area (Å²) in [7, 11) is 0. The van der Waals surface area contributed by atoms with E-state index in [2.05, 4.69) is 0 Å². The van der Waals surface area contributed by atoms with Crippen molar-refractivity contribution in [3.05, 3.63) is 29.8 Å². The van der Waals surface area contributed by atoms with Crippen LogP contribution in [-0.4, -0.2) is 25.0 Å². The van der Waals surface area contributed by atoms with E-state index in [-0.39, 0.29) is 18.2 Å². The molecule has 0 saturated heterocycles. The molecule has 0 heterocycles. The van der Waals surface area contributed by atoms with Crippen molar-refractivity contribution in [3.8, 4) is 5.75 Å². The predicted molar refractivity (Wildman–Crippen MR) is 72.2 cm³/mol. The summed E-state index contributed by atoms with van der Waals surface area (Å²) in [5.41, 5.74) is 1.10. The zero-order chi connectivity index (χ0) is 14.1. The van der Waals surface area contributed by atoms with Crippen molar-refractivity contribution < 1.29 is 19.1 Å². The zero-order valence-electron chi connectivity index (χ0n) is 11.5. The first-order chi connectivity index (χ1) is 9.11. The first-order valence-corrected chi connectivity index (χ1v) is 6.48. The number of ketones is 1. The summed E-state index contributed by atoms with van der Waals surface area (Å²) in [6, 6.07) is 7.56. The van der Waals surface area contributed by atoms with Crippen LogP contribution in [-0.2, 0) is 20.7 Å². The van der Waals surface area contributed by atoms with Crippen molar-refractivity contribution in [2.75, 3.05) is 13.2 Å². The van der Waals surface area contributed by atoms with E-state index in [0.717, 1.165) is 17.7 Å². The first kappa shape index (κ1) is 15.2. The fourth-order valence-corrected chi connectivity index (χ4v) is 1.56. The molecule has 0 saturated carbocycles. The average Bonchev–Trinajstić information content (AvgIpc) is 2.38. The van der Waals surface area contributed by atoms with Crippen LogP contribution in [0.15, 0.2) is 24.3 Å². The third-order valence-electron chi connectivity index (χ3n) is 2.57. The van der Waals surface area contributed by atoms with Gasteiger partial charge in [-0.2, -0.15) is 0 Å². The molecule has 0 fully saturated rings. The SMILES string of the molecule is CCOC(=O)CCOc1ccc(CCC(C)=O)cc1. The quantitative estimate of drug-likeness (QED) is 0.677. The molecule has 0 spiro atoms. The normalized spacial score (nSPS) is 10.0. The second kappa shape index (κ2) is 8.29. The molecule has 4 heteroatoms. The summed E-state index contributed by atoms with van der Waals surface area (Å²) in [5, 5.41) is 0. The fraction of sp³-hybridized carbons (Fsp3) is 0.467. The summed E-state index contributed by atoms with van der Waals surface area (Å²) in [6.45, 7) is 4.07. The van der Waals surface area contributed by atoms with Gasteiger partial charge in [-0.25, -0.2) is 0 Å². The maximum absolute atomic E-state index is 11.1. The molecule has 4 nitrogen and oxygen atoms in total. The highest BCUT2D eigenvalue weighted by Gasteiger charge is 2.02. The highest BCUT2D eigenvalue weighted by molar-refractivity contribution is 5.75. The van der Waals surface area contributed by atoms with Crippen LogP contribution in [0.4, 0.5) is 0 Å². The highest BCUT2D eigenvalue weighted by Crippen LogP contribution is 2.13. The van der Waals surface area contributed by atoms with Crippen molar-refractivity contribution in [1.82, 2.24) is 0 Å². The van der Waals surface area contributed by atoms with Gasteiger partial charge < -0.3 is 14.3 Å². The lowest BCUT2D eigenvalue weighted by atomic mass is 10.1. The standard InChI is InChI=1S/C15H20O4/c1-3-18-15(17)10-11-19-14-8-6-13(7-9-14)5-4-12(2)16/h6-9H,3-5,10-11H2,1-2H3. The molecule has 1 rings (SSSR count). The second-order valence-corrected chi connectivity index (χ2v) is 4.25. The molecule has 0 aliphatic heterocycles. The Bertz CT molecular complexity index is 409. The van der Waals surface area contributed by atoms with E-state index in [1.807, 2.05) is 24.3 Å². The minimum Gasteiger partial charge on any atom is -0.493 e. The molecular weight excluding hydrogens is 244 g/mol. The topological polar surface area (TPSA) is 52.6 Å². The Morgan fingerprint density at radius 3 is 2.37 bits per heavy atom. The van der Waals surface area contributed by atoms with Crippen LogP contribution in [0.25, 0.3) is 0 Å². The minimum atomic E-state index is -0.249. The molecule has 0 aliphatic carbocycles. The van der Waals surface area contributed by atoms with Gasteiger partial charge in [-0.05, 0) is 38.0 Å². The van der Waals surface area contributed by atoms with Crippen LogP contribution >= 0.6 is 0 Å². The molecule has 19 heavy (non-hydrogen) atoms. The van der Waals surface area contributed by atoms with E-state index in [1.54, 1.807) is 13.8 Å². The minimum absolute atomic E-state index is 0.190. The van der Waals surface area contributed by atoms with Gasteiger partial charge in [0, 0.05) is 6.42 Å². The highest BCUT2D eigenvalue weighted by atomic mass is 16.5. The Labute approximate surface area is 113 Å². The van der Waals surface area contributed by atoms with Gasteiger partial charge in [0.2, 0.25) is 0 Å². The first-order valence-electron chi connectivity index (χ1n) is 6.48.